The number of methoxy groups -OCH3 is 1. The quantitative estimate of drug-likeness (QED) is 0.525. The standard InChI is InChI=1S/C23H29N3O4/c1-30-19-10-8-17(9-11-19)22(27)25-21-5-3-2-4-18(21)15-26(14-16-6-7-16)13-12-20(24)23(28)29/h2-5,8-11,16,20H,6-7,12-15,24H2,1H3,(H,25,27)(H,28,29). The third-order valence-electron chi connectivity index (χ3n) is 5.30. The largest absolute Gasteiger partial charge is 0.497 e. The maximum absolute atomic E-state index is 12.7. The molecule has 7 heteroatoms. The summed E-state index contributed by atoms with van der Waals surface area (Å²) in [6, 6.07) is 13.8. The van der Waals surface area contributed by atoms with Gasteiger partial charge in [0, 0.05) is 30.9 Å². The lowest BCUT2D eigenvalue weighted by molar-refractivity contribution is -0.138. The van der Waals surface area contributed by atoms with Crippen LogP contribution in [-0.4, -0.2) is 48.1 Å². The van der Waals surface area contributed by atoms with Crippen molar-refractivity contribution in [3.05, 3.63) is 59.7 Å². The number of carbonyl (C=O) groups excluding carboxylic acids is 1. The molecule has 2 aromatic rings. The lowest BCUT2D eigenvalue weighted by Gasteiger charge is -2.24. The fourth-order valence-corrected chi connectivity index (χ4v) is 3.30. The summed E-state index contributed by atoms with van der Waals surface area (Å²) in [5.74, 6) is 0.189. The molecule has 0 bridgehead atoms. The van der Waals surface area contributed by atoms with Crippen LogP contribution in [0.1, 0.15) is 35.2 Å². The molecule has 1 saturated carbocycles. The van der Waals surface area contributed by atoms with E-state index in [1.54, 1.807) is 31.4 Å². The van der Waals surface area contributed by atoms with Crippen molar-refractivity contribution in [2.24, 2.45) is 11.7 Å². The highest BCUT2D eigenvalue weighted by Gasteiger charge is 2.25. The van der Waals surface area contributed by atoms with Crippen molar-refractivity contribution in [3.63, 3.8) is 0 Å². The van der Waals surface area contributed by atoms with E-state index in [0.29, 0.717) is 36.7 Å². The average Bonchev–Trinajstić information content (AvgIpc) is 3.57. The van der Waals surface area contributed by atoms with Crippen LogP contribution in [-0.2, 0) is 11.3 Å². The number of anilines is 1. The van der Waals surface area contributed by atoms with Gasteiger partial charge in [-0.2, -0.15) is 0 Å². The van der Waals surface area contributed by atoms with E-state index in [4.69, 9.17) is 15.6 Å². The van der Waals surface area contributed by atoms with Crippen molar-refractivity contribution in [2.75, 3.05) is 25.5 Å². The van der Waals surface area contributed by atoms with Crippen LogP contribution in [0.4, 0.5) is 5.69 Å². The van der Waals surface area contributed by atoms with E-state index in [1.165, 1.54) is 12.8 Å². The Morgan fingerprint density at radius 3 is 2.53 bits per heavy atom. The highest BCUT2D eigenvalue weighted by atomic mass is 16.5. The molecule has 0 aromatic heterocycles. The van der Waals surface area contributed by atoms with Crippen LogP contribution in [0.15, 0.2) is 48.5 Å². The first kappa shape index (κ1) is 21.8. The minimum atomic E-state index is -0.978. The van der Waals surface area contributed by atoms with E-state index in [0.717, 1.165) is 17.8 Å². The first-order valence-electron chi connectivity index (χ1n) is 10.2. The molecular formula is C23H29N3O4. The number of rotatable bonds is 11. The maximum atomic E-state index is 12.7. The van der Waals surface area contributed by atoms with Crippen LogP contribution < -0.4 is 15.8 Å². The second kappa shape index (κ2) is 10.2. The Morgan fingerprint density at radius 2 is 1.90 bits per heavy atom. The molecule has 1 atom stereocenters. The number of nitrogens with zero attached hydrogens (tertiary/aromatic N) is 1. The predicted octanol–water partition coefficient (Wildman–Crippen LogP) is 2.96. The zero-order chi connectivity index (χ0) is 21.5. The summed E-state index contributed by atoms with van der Waals surface area (Å²) in [6.07, 6.45) is 2.80. The number of ether oxygens (including phenoxy) is 1. The second-order valence-corrected chi connectivity index (χ2v) is 7.75. The van der Waals surface area contributed by atoms with Gasteiger partial charge in [0.15, 0.2) is 0 Å². The van der Waals surface area contributed by atoms with Gasteiger partial charge in [-0.3, -0.25) is 14.5 Å². The molecule has 0 aliphatic heterocycles. The molecule has 1 fully saturated rings. The maximum Gasteiger partial charge on any atom is 0.320 e. The van der Waals surface area contributed by atoms with Crippen LogP contribution in [0.3, 0.4) is 0 Å². The lowest BCUT2D eigenvalue weighted by Crippen LogP contribution is -2.36. The number of nitrogens with two attached hydrogens (primary N) is 1. The van der Waals surface area contributed by atoms with Gasteiger partial charge in [0.05, 0.1) is 7.11 Å². The molecule has 0 spiro atoms. The summed E-state index contributed by atoms with van der Waals surface area (Å²) in [7, 11) is 1.59. The van der Waals surface area contributed by atoms with Crippen molar-refractivity contribution in [2.45, 2.75) is 31.8 Å². The Labute approximate surface area is 176 Å². The molecule has 0 saturated heterocycles. The van der Waals surface area contributed by atoms with Crippen LogP contribution >= 0.6 is 0 Å². The van der Waals surface area contributed by atoms with Gasteiger partial charge in [-0.1, -0.05) is 18.2 Å². The van der Waals surface area contributed by atoms with E-state index in [9.17, 15) is 9.59 Å². The van der Waals surface area contributed by atoms with Crippen molar-refractivity contribution in [1.29, 1.82) is 0 Å². The zero-order valence-corrected chi connectivity index (χ0v) is 17.2. The molecule has 1 unspecified atom stereocenters. The molecule has 2 aromatic carbocycles. The van der Waals surface area contributed by atoms with E-state index >= 15 is 0 Å². The van der Waals surface area contributed by atoms with E-state index in [2.05, 4.69) is 10.2 Å². The molecule has 1 aliphatic rings. The number of para-hydroxylation sites is 1. The minimum absolute atomic E-state index is 0.188. The van der Waals surface area contributed by atoms with Crippen LogP contribution in [0.5, 0.6) is 5.75 Å². The third kappa shape index (κ3) is 6.30. The molecule has 160 valence electrons. The fraction of sp³-hybridized carbons (Fsp3) is 0.391. The molecule has 0 radical (unpaired) electrons. The number of nitrogens with one attached hydrogen (secondary N) is 1. The van der Waals surface area contributed by atoms with Crippen LogP contribution in [0.2, 0.25) is 0 Å². The first-order valence-corrected chi connectivity index (χ1v) is 10.2. The van der Waals surface area contributed by atoms with Gasteiger partial charge < -0.3 is 20.9 Å². The molecule has 7 nitrogen and oxygen atoms in total. The van der Waals surface area contributed by atoms with Gasteiger partial charge in [0.1, 0.15) is 11.8 Å². The number of hydrogen-bond donors (Lipinski definition) is 3. The monoisotopic (exact) mass is 411 g/mol. The minimum Gasteiger partial charge on any atom is -0.497 e. The van der Waals surface area contributed by atoms with Gasteiger partial charge in [0.25, 0.3) is 5.91 Å². The highest BCUT2D eigenvalue weighted by molar-refractivity contribution is 6.04. The van der Waals surface area contributed by atoms with Crippen LogP contribution in [0.25, 0.3) is 0 Å². The number of carbonyl (C=O) groups is 2. The van der Waals surface area contributed by atoms with Gasteiger partial charge in [0.2, 0.25) is 0 Å². The van der Waals surface area contributed by atoms with Crippen LogP contribution in [0, 0.1) is 5.92 Å². The average molecular weight is 412 g/mol. The topological polar surface area (TPSA) is 105 Å². The Kier molecular flexibility index (Phi) is 7.43. The Hall–Kier alpha value is -2.90. The number of carboxylic acids is 1. The first-order chi connectivity index (χ1) is 14.5. The summed E-state index contributed by atoms with van der Waals surface area (Å²) < 4.78 is 5.14. The SMILES string of the molecule is COc1ccc(C(=O)Nc2ccccc2CN(CCC(N)C(=O)O)CC2CC2)cc1. The number of carboxylic acid groups (broad SMARTS) is 1. The number of benzene rings is 2. The molecule has 30 heavy (non-hydrogen) atoms. The number of amides is 1. The van der Waals surface area contributed by atoms with E-state index in [1.807, 2.05) is 24.3 Å². The normalized spacial score (nSPS) is 14.4. The number of aliphatic carboxylic acids is 1. The van der Waals surface area contributed by atoms with Gasteiger partial charge in [-0.15, -0.1) is 0 Å². The van der Waals surface area contributed by atoms with E-state index in [-0.39, 0.29) is 5.91 Å². The van der Waals surface area contributed by atoms with Crippen molar-refractivity contribution < 1.29 is 19.4 Å². The summed E-state index contributed by atoms with van der Waals surface area (Å²) in [5, 5.41) is 12.1. The molecule has 1 amide bonds. The zero-order valence-electron chi connectivity index (χ0n) is 17.2. The second-order valence-electron chi connectivity index (χ2n) is 7.75. The highest BCUT2D eigenvalue weighted by Crippen LogP contribution is 2.31. The molecule has 1 aliphatic carbocycles. The Balaban J connectivity index is 1.68. The van der Waals surface area contributed by atoms with Crippen molar-refractivity contribution >= 4 is 17.6 Å². The fourth-order valence-electron chi connectivity index (χ4n) is 3.30. The van der Waals surface area contributed by atoms with Gasteiger partial charge in [-0.25, -0.2) is 0 Å². The number of hydrogen-bond acceptors (Lipinski definition) is 5. The van der Waals surface area contributed by atoms with Gasteiger partial charge >= 0.3 is 5.97 Å². The summed E-state index contributed by atoms with van der Waals surface area (Å²) in [6.45, 7) is 2.14. The van der Waals surface area contributed by atoms with Crippen molar-refractivity contribution in [3.8, 4) is 5.75 Å². The summed E-state index contributed by atoms with van der Waals surface area (Å²) in [4.78, 5) is 26.0. The summed E-state index contributed by atoms with van der Waals surface area (Å²) in [5.41, 5.74) is 7.98. The smallest absolute Gasteiger partial charge is 0.320 e. The molecule has 0 heterocycles. The Bertz CT molecular complexity index is 865. The Morgan fingerprint density at radius 1 is 1.20 bits per heavy atom. The van der Waals surface area contributed by atoms with Crippen molar-refractivity contribution in [1.82, 2.24) is 4.90 Å². The summed E-state index contributed by atoms with van der Waals surface area (Å²) >= 11 is 0. The molecule has 3 rings (SSSR count). The van der Waals surface area contributed by atoms with Gasteiger partial charge in [-0.05, 0) is 61.1 Å². The third-order valence-corrected chi connectivity index (χ3v) is 5.30. The predicted molar refractivity (Wildman–Crippen MR) is 116 cm³/mol. The van der Waals surface area contributed by atoms with E-state index < -0.39 is 12.0 Å². The molecule has 4 N–H and O–H groups in total. The molecular weight excluding hydrogens is 382 g/mol. The lowest BCUT2D eigenvalue weighted by atomic mass is 10.1.